The molecule has 3 aromatic rings. The molecule has 0 radical (unpaired) electrons. The molecular weight excluding hydrogens is 435 g/mol. The highest BCUT2D eigenvalue weighted by atomic mass is 35.5. The largest absolute Gasteiger partial charge is 0.457 e. The van der Waals surface area contributed by atoms with Crippen LogP contribution in [0.5, 0.6) is 0 Å². The first kappa shape index (κ1) is 21.7. The minimum atomic E-state index is -0.233. The van der Waals surface area contributed by atoms with Crippen LogP contribution in [0, 0.1) is 0 Å². The lowest BCUT2D eigenvalue weighted by atomic mass is 10.2. The van der Waals surface area contributed by atoms with Crippen LogP contribution in [0.15, 0.2) is 65.1 Å². The third-order valence-corrected chi connectivity index (χ3v) is 5.50. The van der Waals surface area contributed by atoms with E-state index in [0.717, 1.165) is 44.1 Å². The number of anilines is 1. The molecule has 2 aromatic carbocycles. The van der Waals surface area contributed by atoms with E-state index in [1.54, 1.807) is 36.4 Å². The number of rotatable bonds is 6. The summed E-state index contributed by atoms with van der Waals surface area (Å²) in [5.41, 5.74) is 2.69. The zero-order valence-corrected chi connectivity index (χ0v) is 18.3. The molecule has 7 heteroatoms. The molecule has 31 heavy (non-hydrogen) atoms. The molecule has 0 aliphatic carbocycles. The summed E-state index contributed by atoms with van der Waals surface area (Å²) in [5.74, 6) is 0.929. The summed E-state index contributed by atoms with van der Waals surface area (Å²) in [7, 11) is 0. The number of amides is 1. The Hall–Kier alpha value is -2.57. The summed E-state index contributed by atoms with van der Waals surface area (Å²) >= 11 is 12.2. The molecule has 1 amide bonds. The maximum atomic E-state index is 12.3. The fourth-order valence-electron chi connectivity index (χ4n) is 3.33. The van der Waals surface area contributed by atoms with Gasteiger partial charge in [-0.2, -0.15) is 0 Å². The standard InChI is InChI=1S/C24H22Cl2N2O3/c25-18-3-8-21(22(26)15-18)23-9-6-20(31-23)7-10-24(29)27-19-4-1-17(2-5-19)16-28-11-13-30-14-12-28/h1-10,15H,11-14,16H2,(H,27,29)/b10-7+. The summed E-state index contributed by atoms with van der Waals surface area (Å²) in [4.78, 5) is 14.6. The lowest BCUT2D eigenvalue weighted by molar-refractivity contribution is -0.111. The van der Waals surface area contributed by atoms with Crippen molar-refractivity contribution in [3.8, 4) is 11.3 Å². The first-order chi connectivity index (χ1) is 15.1. The van der Waals surface area contributed by atoms with E-state index in [9.17, 15) is 4.79 Å². The first-order valence-electron chi connectivity index (χ1n) is 10.0. The Bertz CT molecular complexity index is 1070. The number of carbonyl (C=O) groups excluding carboxylic acids is 1. The predicted octanol–water partition coefficient (Wildman–Crippen LogP) is 5.74. The Balaban J connectivity index is 1.33. The Morgan fingerprint density at radius 1 is 1.03 bits per heavy atom. The van der Waals surface area contributed by atoms with Gasteiger partial charge in [0.05, 0.1) is 18.2 Å². The third kappa shape index (κ3) is 5.99. The van der Waals surface area contributed by atoms with Crippen LogP contribution in [-0.2, 0) is 16.1 Å². The molecule has 1 aliphatic rings. The number of hydrogen-bond donors (Lipinski definition) is 1. The zero-order chi connectivity index (χ0) is 21.6. The molecule has 0 spiro atoms. The highest BCUT2D eigenvalue weighted by molar-refractivity contribution is 6.36. The fourth-order valence-corrected chi connectivity index (χ4v) is 3.83. The first-order valence-corrected chi connectivity index (χ1v) is 10.8. The van der Waals surface area contributed by atoms with Gasteiger partial charge < -0.3 is 14.5 Å². The van der Waals surface area contributed by atoms with E-state index in [4.69, 9.17) is 32.4 Å². The van der Waals surface area contributed by atoms with E-state index in [1.165, 1.54) is 11.6 Å². The van der Waals surface area contributed by atoms with Crippen LogP contribution in [-0.4, -0.2) is 37.1 Å². The summed E-state index contributed by atoms with van der Waals surface area (Å²) in [6, 6.07) is 16.7. The van der Waals surface area contributed by atoms with Crippen molar-refractivity contribution in [3.05, 3.63) is 82.0 Å². The number of carbonyl (C=O) groups is 1. The van der Waals surface area contributed by atoms with Crippen molar-refractivity contribution in [1.29, 1.82) is 0 Å². The molecule has 2 heterocycles. The van der Waals surface area contributed by atoms with Gasteiger partial charge in [-0.1, -0.05) is 35.3 Å². The topological polar surface area (TPSA) is 54.7 Å². The lowest BCUT2D eigenvalue weighted by Gasteiger charge is -2.26. The van der Waals surface area contributed by atoms with E-state index in [1.807, 2.05) is 24.3 Å². The number of nitrogens with zero attached hydrogens (tertiary/aromatic N) is 1. The molecule has 4 rings (SSSR count). The van der Waals surface area contributed by atoms with Gasteiger partial charge >= 0.3 is 0 Å². The van der Waals surface area contributed by atoms with E-state index in [2.05, 4.69) is 10.2 Å². The molecule has 1 N–H and O–H groups in total. The average molecular weight is 457 g/mol. The number of hydrogen-bond acceptors (Lipinski definition) is 4. The predicted molar refractivity (Wildman–Crippen MR) is 124 cm³/mol. The van der Waals surface area contributed by atoms with Crippen molar-refractivity contribution in [1.82, 2.24) is 4.90 Å². The minimum absolute atomic E-state index is 0.233. The van der Waals surface area contributed by atoms with Crippen molar-refractivity contribution in [2.24, 2.45) is 0 Å². The van der Waals surface area contributed by atoms with Crippen molar-refractivity contribution in [2.75, 3.05) is 31.6 Å². The maximum Gasteiger partial charge on any atom is 0.248 e. The van der Waals surface area contributed by atoms with Gasteiger partial charge in [0.1, 0.15) is 11.5 Å². The van der Waals surface area contributed by atoms with Gasteiger partial charge in [0, 0.05) is 42.0 Å². The van der Waals surface area contributed by atoms with Crippen LogP contribution in [0.3, 0.4) is 0 Å². The molecule has 1 fully saturated rings. The Kier molecular flexibility index (Phi) is 7.10. The van der Waals surface area contributed by atoms with Crippen molar-refractivity contribution < 1.29 is 13.9 Å². The SMILES string of the molecule is O=C(/C=C/c1ccc(-c2ccc(Cl)cc2Cl)o1)Nc1ccc(CN2CCOCC2)cc1. The van der Waals surface area contributed by atoms with Gasteiger partial charge in [0.25, 0.3) is 0 Å². The van der Waals surface area contributed by atoms with E-state index in [0.29, 0.717) is 21.6 Å². The zero-order valence-electron chi connectivity index (χ0n) is 16.8. The highest BCUT2D eigenvalue weighted by Gasteiger charge is 2.11. The smallest absolute Gasteiger partial charge is 0.248 e. The number of benzene rings is 2. The number of nitrogens with one attached hydrogen (secondary N) is 1. The maximum absolute atomic E-state index is 12.3. The van der Waals surface area contributed by atoms with Crippen molar-refractivity contribution >= 4 is 40.9 Å². The van der Waals surface area contributed by atoms with E-state index in [-0.39, 0.29) is 5.91 Å². The van der Waals surface area contributed by atoms with Gasteiger partial charge in [-0.05, 0) is 54.1 Å². The number of morpholine rings is 1. The van der Waals surface area contributed by atoms with Crippen LogP contribution in [0.25, 0.3) is 17.4 Å². The third-order valence-electron chi connectivity index (χ3n) is 4.95. The van der Waals surface area contributed by atoms with Crippen LogP contribution in [0.1, 0.15) is 11.3 Å². The van der Waals surface area contributed by atoms with Gasteiger partial charge in [0.15, 0.2) is 0 Å². The Labute approximate surface area is 191 Å². The van der Waals surface area contributed by atoms with E-state index >= 15 is 0 Å². The van der Waals surface area contributed by atoms with E-state index < -0.39 is 0 Å². The summed E-state index contributed by atoms with van der Waals surface area (Å²) in [6.07, 6.45) is 3.06. The lowest BCUT2D eigenvalue weighted by Crippen LogP contribution is -2.35. The normalized spacial score (nSPS) is 14.8. The molecule has 0 unspecified atom stereocenters. The molecule has 0 atom stereocenters. The molecule has 0 bridgehead atoms. The molecule has 1 saturated heterocycles. The average Bonchev–Trinajstić information content (AvgIpc) is 3.23. The quantitative estimate of drug-likeness (QED) is 0.480. The highest BCUT2D eigenvalue weighted by Crippen LogP contribution is 2.31. The number of ether oxygens (including phenoxy) is 1. The number of furan rings is 1. The monoisotopic (exact) mass is 456 g/mol. The second-order valence-corrected chi connectivity index (χ2v) is 8.08. The Morgan fingerprint density at radius 2 is 1.81 bits per heavy atom. The molecule has 160 valence electrons. The van der Waals surface area contributed by atoms with Crippen molar-refractivity contribution in [2.45, 2.75) is 6.54 Å². The molecule has 5 nitrogen and oxygen atoms in total. The van der Waals surface area contributed by atoms with Gasteiger partial charge in [-0.25, -0.2) is 0 Å². The van der Waals surface area contributed by atoms with Gasteiger partial charge in [-0.15, -0.1) is 0 Å². The summed E-state index contributed by atoms with van der Waals surface area (Å²) in [5, 5.41) is 3.93. The molecule has 1 aromatic heterocycles. The van der Waals surface area contributed by atoms with Crippen LogP contribution in [0.2, 0.25) is 10.0 Å². The molecular formula is C24H22Cl2N2O3. The number of halogens is 2. The van der Waals surface area contributed by atoms with Gasteiger partial charge in [0.2, 0.25) is 5.91 Å². The second-order valence-electron chi connectivity index (χ2n) is 7.23. The summed E-state index contributed by atoms with van der Waals surface area (Å²) in [6.45, 7) is 4.34. The fraction of sp³-hybridized carbons (Fsp3) is 0.208. The minimum Gasteiger partial charge on any atom is -0.457 e. The van der Waals surface area contributed by atoms with Crippen molar-refractivity contribution in [3.63, 3.8) is 0 Å². The van der Waals surface area contributed by atoms with Gasteiger partial charge in [-0.3, -0.25) is 9.69 Å². The molecule has 1 aliphatic heterocycles. The van der Waals surface area contributed by atoms with Crippen LogP contribution >= 0.6 is 23.2 Å². The summed E-state index contributed by atoms with van der Waals surface area (Å²) < 4.78 is 11.1. The molecule has 0 saturated carbocycles. The van der Waals surface area contributed by atoms with Crippen LogP contribution < -0.4 is 5.32 Å². The Morgan fingerprint density at radius 3 is 2.55 bits per heavy atom. The second kappa shape index (κ2) is 10.2. The van der Waals surface area contributed by atoms with Crippen LogP contribution in [0.4, 0.5) is 5.69 Å².